The molecule has 3 atom stereocenters. The van der Waals surface area contributed by atoms with Gasteiger partial charge in [0.25, 0.3) is 0 Å². The smallest absolute Gasteiger partial charge is 0.166 e. The topological polar surface area (TPSA) is 33.3 Å². The van der Waals surface area contributed by atoms with E-state index in [2.05, 4.69) is 24.5 Å². The van der Waals surface area contributed by atoms with E-state index in [1.807, 2.05) is 0 Å². The first-order valence-corrected chi connectivity index (χ1v) is 7.12. The Balaban J connectivity index is 2.25. The number of ether oxygens (including phenoxy) is 1. The lowest BCUT2D eigenvalue weighted by atomic mass is 9.84. The third kappa shape index (κ3) is 5.68. The van der Waals surface area contributed by atoms with Crippen molar-refractivity contribution in [1.82, 2.24) is 10.6 Å². The molecule has 0 aromatic heterocycles. The number of nitrogens with one attached hydrogen (secondary N) is 2. The molecule has 1 fully saturated rings. The van der Waals surface area contributed by atoms with Gasteiger partial charge in [-0.05, 0) is 37.9 Å². The Hall–Kier alpha value is -0.350. The molecule has 0 heterocycles. The van der Waals surface area contributed by atoms with Gasteiger partial charge in [0.05, 0.1) is 6.61 Å². The quantitative estimate of drug-likeness (QED) is 0.742. The standard InChI is InChI=1S/C13H26N2OS/c1-4-11-6-5-7-12(8-11)15-13(17)14-10(2)9-16-3/h10-12H,4-9H2,1-3H3,(H2,14,15,17). The van der Waals surface area contributed by atoms with E-state index in [4.69, 9.17) is 17.0 Å². The molecule has 0 radical (unpaired) electrons. The highest BCUT2D eigenvalue weighted by Crippen LogP contribution is 2.26. The number of hydrogen-bond acceptors (Lipinski definition) is 2. The molecular formula is C13H26N2OS. The SMILES string of the molecule is CCC1CCCC(NC(=S)NC(C)COC)C1. The third-order valence-electron chi connectivity index (χ3n) is 3.49. The second-order valence-corrected chi connectivity index (χ2v) is 5.52. The van der Waals surface area contributed by atoms with Crippen LogP contribution in [0.2, 0.25) is 0 Å². The maximum atomic E-state index is 5.32. The van der Waals surface area contributed by atoms with Crippen molar-refractivity contribution in [1.29, 1.82) is 0 Å². The number of rotatable bonds is 5. The highest BCUT2D eigenvalue weighted by molar-refractivity contribution is 7.80. The van der Waals surface area contributed by atoms with Gasteiger partial charge < -0.3 is 15.4 Å². The molecule has 2 N–H and O–H groups in total. The second kappa shape index (κ2) is 7.88. The Morgan fingerprint density at radius 2 is 2.24 bits per heavy atom. The molecule has 0 aromatic carbocycles. The second-order valence-electron chi connectivity index (χ2n) is 5.11. The van der Waals surface area contributed by atoms with E-state index in [9.17, 15) is 0 Å². The molecule has 1 saturated carbocycles. The number of methoxy groups -OCH3 is 1. The first-order valence-electron chi connectivity index (χ1n) is 6.71. The lowest BCUT2D eigenvalue weighted by Gasteiger charge is -2.30. The number of thiocarbonyl (C=S) groups is 1. The summed E-state index contributed by atoms with van der Waals surface area (Å²) in [4.78, 5) is 0. The maximum absolute atomic E-state index is 5.32. The Bertz CT molecular complexity index is 235. The summed E-state index contributed by atoms with van der Waals surface area (Å²) in [7, 11) is 1.71. The fourth-order valence-corrected chi connectivity index (χ4v) is 2.90. The van der Waals surface area contributed by atoms with Crippen molar-refractivity contribution in [3.8, 4) is 0 Å². The normalized spacial score (nSPS) is 26.3. The van der Waals surface area contributed by atoms with Crippen LogP contribution < -0.4 is 10.6 Å². The summed E-state index contributed by atoms with van der Waals surface area (Å²) in [6.45, 7) is 5.04. The predicted molar refractivity (Wildman–Crippen MR) is 76.2 cm³/mol. The van der Waals surface area contributed by atoms with Gasteiger partial charge in [-0.25, -0.2) is 0 Å². The zero-order valence-electron chi connectivity index (χ0n) is 11.3. The lowest BCUT2D eigenvalue weighted by molar-refractivity contribution is 0.179. The highest BCUT2D eigenvalue weighted by atomic mass is 32.1. The van der Waals surface area contributed by atoms with Crippen molar-refractivity contribution < 1.29 is 4.74 Å². The van der Waals surface area contributed by atoms with E-state index in [1.54, 1.807) is 7.11 Å². The van der Waals surface area contributed by atoms with Crippen molar-refractivity contribution in [2.24, 2.45) is 5.92 Å². The monoisotopic (exact) mass is 258 g/mol. The summed E-state index contributed by atoms with van der Waals surface area (Å²) in [5.74, 6) is 0.875. The minimum atomic E-state index is 0.269. The fourth-order valence-electron chi connectivity index (χ4n) is 2.54. The maximum Gasteiger partial charge on any atom is 0.166 e. The minimum absolute atomic E-state index is 0.269. The van der Waals surface area contributed by atoms with Crippen molar-refractivity contribution in [2.45, 2.75) is 58.0 Å². The highest BCUT2D eigenvalue weighted by Gasteiger charge is 2.21. The summed E-state index contributed by atoms with van der Waals surface area (Å²) in [5, 5.41) is 7.47. The summed E-state index contributed by atoms with van der Waals surface area (Å²) >= 11 is 5.32. The van der Waals surface area contributed by atoms with Crippen molar-refractivity contribution in [2.75, 3.05) is 13.7 Å². The van der Waals surface area contributed by atoms with E-state index in [0.717, 1.165) is 11.0 Å². The number of hydrogen-bond donors (Lipinski definition) is 2. The molecule has 3 nitrogen and oxygen atoms in total. The van der Waals surface area contributed by atoms with Crippen LogP contribution in [0.4, 0.5) is 0 Å². The van der Waals surface area contributed by atoms with Crippen LogP contribution >= 0.6 is 12.2 Å². The molecular weight excluding hydrogens is 232 g/mol. The molecule has 1 aliphatic carbocycles. The minimum Gasteiger partial charge on any atom is -0.383 e. The van der Waals surface area contributed by atoms with Gasteiger partial charge in [0.15, 0.2) is 5.11 Å². The Morgan fingerprint density at radius 1 is 1.47 bits per heavy atom. The van der Waals surface area contributed by atoms with Crippen molar-refractivity contribution in [3.05, 3.63) is 0 Å². The van der Waals surface area contributed by atoms with Crippen LogP contribution in [0.5, 0.6) is 0 Å². The molecule has 0 spiro atoms. The molecule has 100 valence electrons. The van der Waals surface area contributed by atoms with Crippen LogP contribution in [0.1, 0.15) is 46.0 Å². The Labute approximate surface area is 111 Å². The van der Waals surface area contributed by atoms with Crippen molar-refractivity contribution >= 4 is 17.3 Å². The molecule has 17 heavy (non-hydrogen) atoms. The zero-order valence-corrected chi connectivity index (χ0v) is 12.1. The van der Waals surface area contributed by atoms with Crippen LogP contribution in [0, 0.1) is 5.92 Å². The average Bonchev–Trinajstić information content (AvgIpc) is 2.29. The molecule has 1 aliphatic rings. The largest absolute Gasteiger partial charge is 0.383 e. The fraction of sp³-hybridized carbons (Fsp3) is 0.923. The molecule has 0 aromatic rings. The van der Waals surface area contributed by atoms with Gasteiger partial charge in [0.1, 0.15) is 0 Å². The molecule has 0 saturated heterocycles. The van der Waals surface area contributed by atoms with E-state index < -0.39 is 0 Å². The van der Waals surface area contributed by atoms with E-state index in [0.29, 0.717) is 12.6 Å². The van der Waals surface area contributed by atoms with Crippen molar-refractivity contribution in [3.63, 3.8) is 0 Å². The van der Waals surface area contributed by atoms with Gasteiger partial charge in [-0.15, -0.1) is 0 Å². The van der Waals surface area contributed by atoms with Crippen LogP contribution in [0.15, 0.2) is 0 Å². The zero-order chi connectivity index (χ0) is 12.7. The Kier molecular flexibility index (Phi) is 6.82. The molecule has 0 aliphatic heterocycles. The van der Waals surface area contributed by atoms with Crippen LogP contribution in [-0.2, 0) is 4.74 Å². The van der Waals surface area contributed by atoms with Crippen LogP contribution in [0.25, 0.3) is 0 Å². The van der Waals surface area contributed by atoms with Crippen LogP contribution in [-0.4, -0.2) is 30.9 Å². The lowest BCUT2D eigenvalue weighted by Crippen LogP contribution is -2.47. The first-order chi connectivity index (χ1) is 8.15. The summed E-state index contributed by atoms with van der Waals surface area (Å²) in [5.41, 5.74) is 0. The molecule has 3 unspecified atom stereocenters. The summed E-state index contributed by atoms with van der Waals surface area (Å²) in [6, 6.07) is 0.828. The third-order valence-corrected chi connectivity index (χ3v) is 3.73. The summed E-state index contributed by atoms with van der Waals surface area (Å²) < 4.78 is 5.08. The van der Waals surface area contributed by atoms with E-state index in [1.165, 1.54) is 32.1 Å². The molecule has 0 amide bonds. The molecule has 0 bridgehead atoms. The Morgan fingerprint density at radius 3 is 2.88 bits per heavy atom. The first kappa shape index (κ1) is 14.7. The molecule has 1 rings (SSSR count). The predicted octanol–water partition coefficient (Wildman–Crippen LogP) is 2.45. The van der Waals surface area contributed by atoms with E-state index in [-0.39, 0.29) is 6.04 Å². The van der Waals surface area contributed by atoms with Gasteiger partial charge in [0.2, 0.25) is 0 Å². The van der Waals surface area contributed by atoms with Gasteiger partial charge in [-0.3, -0.25) is 0 Å². The van der Waals surface area contributed by atoms with Gasteiger partial charge in [-0.1, -0.05) is 26.2 Å². The van der Waals surface area contributed by atoms with Gasteiger partial charge in [0, 0.05) is 19.2 Å². The van der Waals surface area contributed by atoms with Gasteiger partial charge in [-0.2, -0.15) is 0 Å². The van der Waals surface area contributed by atoms with Gasteiger partial charge >= 0.3 is 0 Å². The summed E-state index contributed by atoms with van der Waals surface area (Å²) in [6.07, 6.45) is 6.51. The van der Waals surface area contributed by atoms with E-state index >= 15 is 0 Å². The molecule has 4 heteroatoms. The van der Waals surface area contributed by atoms with Crippen LogP contribution in [0.3, 0.4) is 0 Å². The average molecular weight is 258 g/mol.